The lowest BCUT2D eigenvalue weighted by Crippen LogP contribution is -2.50. The zero-order valence-electron chi connectivity index (χ0n) is 15.8. The number of carbonyl (C=O) groups excluding carboxylic acids is 1. The molecule has 1 saturated carbocycles. The highest BCUT2D eigenvalue weighted by Crippen LogP contribution is 2.27. The van der Waals surface area contributed by atoms with Crippen LogP contribution in [-0.4, -0.2) is 32.7 Å². The van der Waals surface area contributed by atoms with Gasteiger partial charge in [-0.05, 0) is 44.4 Å². The molecular formula is C19H29ClN2O3S. The molecule has 0 bridgehead atoms. The molecule has 5 nitrogen and oxygen atoms in total. The van der Waals surface area contributed by atoms with Gasteiger partial charge in [-0.1, -0.05) is 49.8 Å². The maximum atomic E-state index is 12.8. The number of carbonyl (C=O) groups is 1. The van der Waals surface area contributed by atoms with Crippen molar-refractivity contribution in [3.8, 4) is 0 Å². The first-order valence-corrected chi connectivity index (χ1v) is 11.5. The fourth-order valence-electron chi connectivity index (χ4n) is 3.45. The molecule has 1 amide bonds. The van der Waals surface area contributed by atoms with E-state index in [4.69, 9.17) is 11.6 Å². The van der Waals surface area contributed by atoms with Crippen molar-refractivity contribution < 1.29 is 13.2 Å². The summed E-state index contributed by atoms with van der Waals surface area (Å²) in [6, 6.07) is 4.32. The highest BCUT2D eigenvalue weighted by Gasteiger charge is 2.30. The standard InChI is InChI=1S/C19H29ClN2O3S/c1-14-11-12-17(13-18(14)20)22(26(3,24)25)15(2)19(23)21-16-9-7-5-4-6-8-10-16/h11-13,15-16H,4-10H2,1-3H3,(H,21,23)/t15-/m0/s1. The van der Waals surface area contributed by atoms with Gasteiger partial charge < -0.3 is 5.32 Å². The van der Waals surface area contributed by atoms with Gasteiger partial charge in [-0.25, -0.2) is 8.42 Å². The average Bonchev–Trinajstić information content (AvgIpc) is 2.52. The van der Waals surface area contributed by atoms with Crippen molar-refractivity contribution in [1.82, 2.24) is 5.32 Å². The highest BCUT2D eigenvalue weighted by molar-refractivity contribution is 7.92. The third-order valence-electron chi connectivity index (χ3n) is 4.95. The molecule has 0 radical (unpaired) electrons. The molecule has 0 aliphatic heterocycles. The predicted molar refractivity (Wildman–Crippen MR) is 107 cm³/mol. The van der Waals surface area contributed by atoms with Crippen LogP contribution in [0.25, 0.3) is 0 Å². The highest BCUT2D eigenvalue weighted by atomic mass is 35.5. The Hall–Kier alpha value is -1.27. The molecule has 1 aromatic carbocycles. The Bertz CT molecular complexity index is 728. The van der Waals surface area contributed by atoms with E-state index in [1.165, 1.54) is 19.3 Å². The number of amides is 1. The van der Waals surface area contributed by atoms with Crippen molar-refractivity contribution in [2.24, 2.45) is 0 Å². The number of nitrogens with one attached hydrogen (secondary N) is 1. The number of anilines is 1. The normalized spacial score (nSPS) is 17.8. The van der Waals surface area contributed by atoms with Crippen LogP contribution in [0.15, 0.2) is 18.2 Å². The van der Waals surface area contributed by atoms with Crippen LogP contribution in [0.5, 0.6) is 0 Å². The van der Waals surface area contributed by atoms with Crippen LogP contribution in [0.1, 0.15) is 57.4 Å². The Kier molecular flexibility index (Phi) is 7.35. The van der Waals surface area contributed by atoms with E-state index in [1.54, 1.807) is 25.1 Å². The summed E-state index contributed by atoms with van der Waals surface area (Å²) in [5, 5.41) is 3.53. The van der Waals surface area contributed by atoms with E-state index < -0.39 is 16.1 Å². The lowest BCUT2D eigenvalue weighted by molar-refractivity contribution is -0.122. The zero-order chi connectivity index (χ0) is 19.3. The van der Waals surface area contributed by atoms with E-state index in [-0.39, 0.29) is 11.9 Å². The average molecular weight is 401 g/mol. The van der Waals surface area contributed by atoms with E-state index in [1.807, 2.05) is 6.92 Å². The van der Waals surface area contributed by atoms with Crippen molar-refractivity contribution in [2.75, 3.05) is 10.6 Å². The van der Waals surface area contributed by atoms with Gasteiger partial charge in [0, 0.05) is 11.1 Å². The molecule has 0 saturated heterocycles. The van der Waals surface area contributed by atoms with Crippen molar-refractivity contribution >= 4 is 33.2 Å². The van der Waals surface area contributed by atoms with Crippen molar-refractivity contribution in [1.29, 1.82) is 0 Å². The number of aryl methyl sites for hydroxylation is 1. The summed E-state index contributed by atoms with van der Waals surface area (Å²) in [5.41, 5.74) is 1.26. The van der Waals surface area contributed by atoms with Gasteiger partial charge in [0.2, 0.25) is 15.9 Å². The van der Waals surface area contributed by atoms with E-state index in [0.717, 1.165) is 41.8 Å². The summed E-state index contributed by atoms with van der Waals surface area (Å²) in [4.78, 5) is 12.8. The molecule has 1 aromatic rings. The second-order valence-corrected chi connectivity index (χ2v) is 9.49. The van der Waals surface area contributed by atoms with E-state index in [9.17, 15) is 13.2 Å². The van der Waals surface area contributed by atoms with Gasteiger partial charge in [0.15, 0.2) is 0 Å². The summed E-state index contributed by atoms with van der Waals surface area (Å²) in [6.45, 7) is 3.47. The molecule has 146 valence electrons. The molecule has 26 heavy (non-hydrogen) atoms. The SMILES string of the molecule is Cc1ccc(N([C@@H](C)C(=O)NC2CCCCCCC2)S(C)(=O)=O)cc1Cl. The monoisotopic (exact) mass is 400 g/mol. The fourth-order valence-corrected chi connectivity index (χ4v) is 4.79. The topological polar surface area (TPSA) is 66.5 Å². The molecule has 1 aliphatic carbocycles. The number of hydrogen-bond acceptors (Lipinski definition) is 3. The first kappa shape index (κ1) is 21.0. The van der Waals surface area contributed by atoms with Gasteiger partial charge >= 0.3 is 0 Å². The Morgan fingerprint density at radius 1 is 1.19 bits per heavy atom. The molecule has 1 aliphatic rings. The van der Waals surface area contributed by atoms with Crippen molar-refractivity contribution in [3.63, 3.8) is 0 Å². The second-order valence-electron chi connectivity index (χ2n) is 7.22. The first-order chi connectivity index (χ1) is 12.2. The van der Waals surface area contributed by atoms with Gasteiger partial charge in [-0.2, -0.15) is 0 Å². The molecular weight excluding hydrogens is 372 g/mol. The minimum absolute atomic E-state index is 0.119. The summed E-state index contributed by atoms with van der Waals surface area (Å²) in [5.74, 6) is -0.266. The van der Waals surface area contributed by atoms with Crippen molar-refractivity contribution in [2.45, 2.75) is 70.9 Å². The first-order valence-electron chi connectivity index (χ1n) is 9.26. The van der Waals surface area contributed by atoms with E-state index >= 15 is 0 Å². The summed E-state index contributed by atoms with van der Waals surface area (Å²) >= 11 is 6.16. The third-order valence-corrected chi connectivity index (χ3v) is 6.60. The summed E-state index contributed by atoms with van der Waals surface area (Å²) in [7, 11) is -3.63. The Morgan fingerprint density at radius 3 is 2.31 bits per heavy atom. The molecule has 1 N–H and O–H groups in total. The molecule has 0 unspecified atom stereocenters. The minimum Gasteiger partial charge on any atom is -0.352 e. The number of nitrogens with zero attached hydrogens (tertiary/aromatic N) is 1. The van der Waals surface area contributed by atoms with Gasteiger partial charge in [0.25, 0.3) is 0 Å². The van der Waals surface area contributed by atoms with Crippen LogP contribution >= 0.6 is 11.6 Å². The van der Waals surface area contributed by atoms with Crippen LogP contribution in [0, 0.1) is 6.92 Å². The number of halogens is 1. The van der Waals surface area contributed by atoms with Gasteiger partial charge in [0.1, 0.15) is 6.04 Å². The van der Waals surface area contributed by atoms with Crippen LogP contribution < -0.4 is 9.62 Å². The number of sulfonamides is 1. The molecule has 7 heteroatoms. The quantitative estimate of drug-likeness (QED) is 0.811. The minimum atomic E-state index is -3.63. The maximum absolute atomic E-state index is 12.8. The van der Waals surface area contributed by atoms with Gasteiger partial charge in [0.05, 0.1) is 11.9 Å². The summed E-state index contributed by atoms with van der Waals surface area (Å²) < 4.78 is 25.9. The predicted octanol–water partition coefficient (Wildman–Crippen LogP) is 4.03. The van der Waals surface area contributed by atoms with E-state index in [2.05, 4.69) is 5.32 Å². The molecule has 0 spiro atoms. The van der Waals surface area contributed by atoms with Gasteiger partial charge in [-0.15, -0.1) is 0 Å². The molecule has 2 rings (SSSR count). The lowest BCUT2D eigenvalue weighted by atomic mass is 9.96. The van der Waals surface area contributed by atoms with E-state index in [0.29, 0.717) is 10.7 Å². The van der Waals surface area contributed by atoms with Crippen LogP contribution in [0.2, 0.25) is 5.02 Å². The largest absolute Gasteiger partial charge is 0.352 e. The smallest absolute Gasteiger partial charge is 0.243 e. The summed E-state index contributed by atoms with van der Waals surface area (Å²) in [6.07, 6.45) is 8.86. The third kappa shape index (κ3) is 5.61. The second kappa shape index (κ2) is 9.09. The molecule has 1 fully saturated rings. The van der Waals surface area contributed by atoms with Crippen LogP contribution in [0.3, 0.4) is 0 Å². The molecule has 1 atom stereocenters. The molecule has 0 aromatic heterocycles. The maximum Gasteiger partial charge on any atom is 0.243 e. The Balaban J connectivity index is 2.18. The zero-order valence-corrected chi connectivity index (χ0v) is 17.4. The Labute approximate surface area is 162 Å². The number of rotatable bonds is 5. The van der Waals surface area contributed by atoms with Gasteiger partial charge in [-0.3, -0.25) is 9.10 Å². The number of hydrogen-bond donors (Lipinski definition) is 1. The molecule has 0 heterocycles. The Morgan fingerprint density at radius 2 is 1.77 bits per heavy atom. The fraction of sp³-hybridized carbons (Fsp3) is 0.632. The number of benzene rings is 1. The van der Waals surface area contributed by atoms with Crippen molar-refractivity contribution in [3.05, 3.63) is 28.8 Å². The van der Waals surface area contributed by atoms with Crippen LogP contribution in [-0.2, 0) is 14.8 Å². The lowest BCUT2D eigenvalue weighted by Gasteiger charge is -2.30. The van der Waals surface area contributed by atoms with Crippen LogP contribution in [0.4, 0.5) is 5.69 Å².